The minimum absolute atomic E-state index is 0.335. The molecule has 94 valence electrons. The van der Waals surface area contributed by atoms with Gasteiger partial charge in [0.1, 0.15) is 5.54 Å². The molecule has 0 aliphatic heterocycles. The summed E-state index contributed by atoms with van der Waals surface area (Å²) in [4.78, 5) is 19.7. The van der Waals surface area contributed by atoms with Crippen LogP contribution in [0.1, 0.15) is 26.7 Å². The number of aromatic nitrogens is 2. The second-order valence-electron chi connectivity index (χ2n) is 3.92. The Kier molecular flexibility index (Phi) is 4.69. The third-order valence-corrected chi connectivity index (χ3v) is 2.59. The van der Waals surface area contributed by atoms with Gasteiger partial charge in [-0.15, -0.1) is 0 Å². The monoisotopic (exact) mass is 257 g/mol. The quantitative estimate of drug-likeness (QED) is 0.820. The molecule has 0 bridgehead atoms. The van der Waals surface area contributed by atoms with Crippen molar-refractivity contribution in [2.45, 2.75) is 32.2 Å². The highest BCUT2D eigenvalue weighted by Gasteiger charge is 2.34. The number of carbonyl (C=O) groups excluding carboxylic acids is 1. The van der Waals surface area contributed by atoms with E-state index in [1.54, 1.807) is 6.92 Å². The van der Waals surface area contributed by atoms with Gasteiger partial charge in [0.2, 0.25) is 5.95 Å². The maximum atomic E-state index is 11.7. The number of nitrogens with one attached hydrogen (secondary N) is 1. The Morgan fingerprint density at radius 1 is 1.53 bits per heavy atom. The summed E-state index contributed by atoms with van der Waals surface area (Å²) in [5.41, 5.74) is -0.822. The van der Waals surface area contributed by atoms with Crippen LogP contribution in [0.2, 0.25) is 5.02 Å². The average molecular weight is 258 g/mol. The van der Waals surface area contributed by atoms with Crippen LogP contribution in [0.15, 0.2) is 12.4 Å². The summed E-state index contributed by atoms with van der Waals surface area (Å²) in [6.45, 7) is 3.76. The van der Waals surface area contributed by atoms with Crippen molar-refractivity contribution in [3.8, 4) is 0 Å². The Morgan fingerprint density at radius 2 is 2.12 bits per heavy atom. The molecule has 1 aromatic rings. The van der Waals surface area contributed by atoms with Crippen molar-refractivity contribution in [3.63, 3.8) is 0 Å². The van der Waals surface area contributed by atoms with Crippen molar-refractivity contribution in [2.24, 2.45) is 0 Å². The van der Waals surface area contributed by atoms with Crippen LogP contribution >= 0.6 is 11.6 Å². The fourth-order valence-electron chi connectivity index (χ4n) is 1.56. The predicted molar refractivity (Wildman–Crippen MR) is 66.0 cm³/mol. The minimum Gasteiger partial charge on any atom is -0.467 e. The number of anilines is 1. The molecule has 1 rings (SSSR count). The first-order valence-corrected chi connectivity index (χ1v) is 5.74. The summed E-state index contributed by atoms with van der Waals surface area (Å²) >= 11 is 5.69. The van der Waals surface area contributed by atoms with Crippen LogP contribution in [0.3, 0.4) is 0 Å². The first-order chi connectivity index (χ1) is 8.01. The van der Waals surface area contributed by atoms with E-state index < -0.39 is 5.54 Å². The van der Waals surface area contributed by atoms with E-state index >= 15 is 0 Å². The van der Waals surface area contributed by atoms with E-state index in [0.717, 1.165) is 6.42 Å². The Hall–Kier alpha value is -1.36. The highest BCUT2D eigenvalue weighted by atomic mass is 35.5. The molecule has 0 radical (unpaired) electrons. The number of hydrogen-bond acceptors (Lipinski definition) is 5. The summed E-state index contributed by atoms with van der Waals surface area (Å²) < 4.78 is 4.78. The molecule has 5 nitrogen and oxygen atoms in total. The number of rotatable bonds is 5. The van der Waals surface area contributed by atoms with Crippen LogP contribution in [0.25, 0.3) is 0 Å². The van der Waals surface area contributed by atoms with E-state index in [-0.39, 0.29) is 5.97 Å². The van der Waals surface area contributed by atoms with Crippen LogP contribution in [0, 0.1) is 0 Å². The Bertz CT molecular complexity index is 383. The van der Waals surface area contributed by atoms with Gasteiger partial charge in [0.05, 0.1) is 24.5 Å². The molecule has 0 aromatic carbocycles. The molecule has 0 amide bonds. The van der Waals surface area contributed by atoms with E-state index in [4.69, 9.17) is 16.3 Å². The highest BCUT2D eigenvalue weighted by molar-refractivity contribution is 6.30. The third kappa shape index (κ3) is 3.56. The largest absolute Gasteiger partial charge is 0.467 e. The van der Waals surface area contributed by atoms with Gasteiger partial charge in [0.25, 0.3) is 0 Å². The molecular formula is C11H16ClN3O2. The highest BCUT2D eigenvalue weighted by Crippen LogP contribution is 2.19. The maximum absolute atomic E-state index is 11.7. The lowest BCUT2D eigenvalue weighted by molar-refractivity contribution is -0.145. The number of halogens is 1. The van der Waals surface area contributed by atoms with E-state index in [2.05, 4.69) is 15.3 Å². The van der Waals surface area contributed by atoms with Crippen LogP contribution < -0.4 is 5.32 Å². The zero-order valence-electron chi connectivity index (χ0n) is 10.2. The van der Waals surface area contributed by atoms with Gasteiger partial charge >= 0.3 is 5.97 Å². The smallest absolute Gasteiger partial charge is 0.331 e. The normalized spacial score (nSPS) is 13.9. The molecule has 1 aromatic heterocycles. The Labute approximate surface area is 106 Å². The summed E-state index contributed by atoms with van der Waals surface area (Å²) in [7, 11) is 1.36. The molecule has 6 heteroatoms. The molecule has 1 atom stereocenters. The van der Waals surface area contributed by atoms with Crippen LogP contribution in [0.4, 0.5) is 5.95 Å². The molecule has 1 N–H and O–H groups in total. The van der Waals surface area contributed by atoms with Gasteiger partial charge in [-0.25, -0.2) is 14.8 Å². The van der Waals surface area contributed by atoms with Crippen molar-refractivity contribution < 1.29 is 9.53 Å². The average Bonchev–Trinajstić information content (AvgIpc) is 2.31. The van der Waals surface area contributed by atoms with Crippen molar-refractivity contribution >= 4 is 23.5 Å². The molecule has 0 aliphatic carbocycles. The maximum Gasteiger partial charge on any atom is 0.331 e. The number of hydrogen-bond donors (Lipinski definition) is 1. The number of methoxy groups -OCH3 is 1. The number of esters is 1. The molecule has 0 saturated heterocycles. The summed E-state index contributed by atoms with van der Waals surface area (Å²) in [5, 5.41) is 3.43. The predicted octanol–water partition coefficient (Wildman–Crippen LogP) is 2.27. The van der Waals surface area contributed by atoms with Gasteiger partial charge in [-0.1, -0.05) is 24.9 Å². The fraction of sp³-hybridized carbons (Fsp3) is 0.545. The molecule has 0 spiro atoms. The van der Waals surface area contributed by atoms with Gasteiger partial charge < -0.3 is 10.1 Å². The molecule has 1 unspecified atom stereocenters. The summed E-state index contributed by atoms with van der Waals surface area (Å²) in [5.74, 6) is 0.0219. The number of carbonyl (C=O) groups is 1. The number of nitrogens with zero attached hydrogens (tertiary/aromatic N) is 2. The first kappa shape index (κ1) is 13.7. The third-order valence-electron chi connectivity index (χ3n) is 2.39. The van der Waals surface area contributed by atoms with Crippen molar-refractivity contribution in [3.05, 3.63) is 17.4 Å². The number of ether oxygens (including phenoxy) is 1. The molecule has 1 heterocycles. The molecule has 17 heavy (non-hydrogen) atoms. The minimum atomic E-state index is -0.822. The van der Waals surface area contributed by atoms with Crippen LogP contribution in [-0.4, -0.2) is 28.6 Å². The van der Waals surface area contributed by atoms with Crippen LogP contribution in [0.5, 0.6) is 0 Å². The zero-order valence-corrected chi connectivity index (χ0v) is 10.9. The topological polar surface area (TPSA) is 64.1 Å². The molecule has 0 saturated carbocycles. The first-order valence-electron chi connectivity index (χ1n) is 5.36. The van der Waals surface area contributed by atoms with E-state index in [9.17, 15) is 4.79 Å². The zero-order chi connectivity index (χ0) is 12.9. The molecule has 0 aliphatic rings. The van der Waals surface area contributed by atoms with Crippen molar-refractivity contribution in [1.29, 1.82) is 0 Å². The standard InChI is InChI=1S/C11H16ClN3O2/c1-4-5-11(2,9(16)17-3)15-10-13-6-8(12)7-14-10/h6-7H,4-5H2,1-3H3,(H,13,14,15). The fourth-order valence-corrected chi connectivity index (χ4v) is 1.66. The van der Waals surface area contributed by atoms with E-state index in [1.807, 2.05) is 6.92 Å². The van der Waals surface area contributed by atoms with Gasteiger partial charge in [-0.3, -0.25) is 0 Å². The summed E-state index contributed by atoms with van der Waals surface area (Å²) in [6.07, 6.45) is 4.42. The lowest BCUT2D eigenvalue weighted by Gasteiger charge is -2.27. The Morgan fingerprint density at radius 3 is 2.59 bits per heavy atom. The second-order valence-corrected chi connectivity index (χ2v) is 4.36. The lowest BCUT2D eigenvalue weighted by atomic mass is 9.96. The van der Waals surface area contributed by atoms with Gasteiger partial charge in [0.15, 0.2) is 0 Å². The molecule has 0 fully saturated rings. The van der Waals surface area contributed by atoms with Crippen LogP contribution in [-0.2, 0) is 9.53 Å². The second kappa shape index (κ2) is 5.82. The van der Waals surface area contributed by atoms with Gasteiger partial charge in [0, 0.05) is 0 Å². The summed E-state index contributed by atoms with van der Waals surface area (Å²) in [6, 6.07) is 0. The van der Waals surface area contributed by atoms with Gasteiger partial charge in [-0.05, 0) is 13.3 Å². The molecular weight excluding hydrogens is 242 g/mol. The lowest BCUT2D eigenvalue weighted by Crippen LogP contribution is -2.44. The SMILES string of the molecule is CCCC(C)(Nc1ncc(Cl)cn1)C(=O)OC. The van der Waals surface area contributed by atoms with E-state index in [1.165, 1.54) is 19.5 Å². The Balaban J connectivity index is 2.86. The van der Waals surface area contributed by atoms with Crippen molar-refractivity contribution in [2.75, 3.05) is 12.4 Å². The van der Waals surface area contributed by atoms with E-state index in [0.29, 0.717) is 17.4 Å². The van der Waals surface area contributed by atoms with Gasteiger partial charge in [-0.2, -0.15) is 0 Å². The van der Waals surface area contributed by atoms with Crippen molar-refractivity contribution in [1.82, 2.24) is 9.97 Å².